The minimum Gasteiger partial charge on any atom is -0.486 e. The second-order valence-electron chi connectivity index (χ2n) is 7.65. The molecule has 2 amide bonds. The molecule has 31 heavy (non-hydrogen) atoms. The Kier molecular flexibility index (Phi) is 6.86. The maximum Gasteiger partial charge on any atom is 0.224 e. The number of carbonyl (C=O) groups excluding carboxylic acids is 3. The third kappa shape index (κ3) is 5.25. The first-order chi connectivity index (χ1) is 15.1. The van der Waals surface area contributed by atoms with Crippen LogP contribution in [0.3, 0.4) is 0 Å². The van der Waals surface area contributed by atoms with Crippen molar-refractivity contribution in [2.24, 2.45) is 0 Å². The molecule has 2 aliphatic heterocycles. The average Bonchev–Trinajstić information content (AvgIpc) is 3.49. The molecule has 164 valence electrons. The summed E-state index contributed by atoms with van der Waals surface area (Å²) in [6, 6.07) is 9.47. The lowest BCUT2D eigenvalue weighted by Crippen LogP contribution is -2.34. The number of rotatable bonds is 8. The number of nitrogens with zero attached hydrogens (tertiary/aromatic N) is 1. The van der Waals surface area contributed by atoms with E-state index in [4.69, 9.17) is 9.47 Å². The van der Waals surface area contributed by atoms with Crippen LogP contribution in [0.1, 0.15) is 53.4 Å². The lowest BCUT2D eigenvalue weighted by atomic mass is 10.0. The fourth-order valence-electron chi connectivity index (χ4n) is 4.01. The fraction of sp³-hybridized carbons (Fsp3) is 0.435. The first-order valence-electron chi connectivity index (χ1n) is 10.6. The number of hydrogen-bond acceptors (Lipinski definition) is 6. The Bertz CT molecular complexity index is 943. The van der Waals surface area contributed by atoms with Gasteiger partial charge in [-0.3, -0.25) is 14.4 Å². The van der Waals surface area contributed by atoms with Crippen molar-refractivity contribution in [1.29, 1.82) is 0 Å². The van der Waals surface area contributed by atoms with Crippen molar-refractivity contribution in [3.8, 4) is 11.5 Å². The van der Waals surface area contributed by atoms with E-state index in [0.29, 0.717) is 24.6 Å². The number of benzene rings is 1. The summed E-state index contributed by atoms with van der Waals surface area (Å²) < 4.78 is 11.3. The first-order valence-corrected chi connectivity index (χ1v) is 11.5. The van der Waals surface area contributed by atoms with Crippen LogP contribution >= 0.6 is 11.3 Å². The monoisotopic (exact) mass is 442 g/mol. The average molecular weight is 443 g/mol. The maximum absolute atomic E-state index is 12.8. The molecule has 1 unspecified atom stereocenters. The van der Waals surface area contributed by atoms with Crippen LogP contribution in [-0.2, 0) is 9.59 Å². The van der Waals surface area contributed by atoms with Crippen molar-refractivity contribution in [2.75, 3.05) is 26.3 Å². The molecular formula is C23H26N2O5S. The molecule has 1 aromatic heterocycles. The lowest BCUT2D eigenvalue weighted by molar-refractivity contribution is -0.132. The van der Waals surface area contributed by atoms with E-state index in [1.807, 2.05) is 34.5 Å². The van der Waals surface area contributed by atoms with Gasteiger partial charge in [-0.1, -0.05) is 12.1 Å². The van der Waals surface area contributed by atoms with Gasteiger partial charge in [-0.2, -0.15) is 0 Å². The number of carbonyl (C=O) groups is 3. The Hall–Kier alpha value is -2.87. The summed E-state index contributed by atoms with van der Waals surface area (Å²) in [4.78, 5) is 39.4. The van der Waals surface area contributed by atoms with Crippen LogP contribution in [0.25, 0.3) is 0 Å². The molecule has 0 bridgehead atoms. The van der Waals surface area contributed by atoms with E-state index in [-0.39, 0.29) is 49.4 Å². The lowest BCUT2D eigenvalue weighted by Gasteiger charge is -2.27. The van der Waals surface area contributed by atoms with Gasteiger partial charge in [-0.15, -0.1) is 11.3 Å². The summed E-state index contributed by atoms with van der Waals surface area (Å²) in [6.45, 7) is 2.06. The predicted octanol–water partition coefficient (Wildman–Crippen LogP) is 3.35. The van der Waals surface area contributed by atoms with Crippen LogP contribution in [0.4, 0.5) is 0 Å². The number of likely N-dealkylation sites (tertiary alicyclic amines) is 1. The zero-order chi connectivity index (χ0) is 21.6. The normalized spacial score (nSPS) is 17.4. The molecular weight excluding hydrogens is 416 g/mol. The molecule has 1 saturated heterocycles. The van der Waals surface area contributed by atoms with E-state index in [0.717, 1.165) is 29.9 Å². The second-order valence-corrected chi connectivity index (χ2v) is 8.60. The van der Waals surface area contributed by atoms with Crippen LogP contribution in [-0.4, -0.2) is 48.8 Å². The molecule has 4 rings (SSSR count). The smallest absolute Gasteiger partial charge is 0.224 e. The van der Waals surface area contributed by atoms with E-state index < -0.39 is 0 Å². The summed E-state index contributed by atoms with van der Waals surface area (Å²) >= 11 is 1.38. The SMILES string of the molecule is O=C(CCC(=O)c1cccs1)NCCC(=O)N1CCCC1c1ccc2c(c1)OCCO2. The highest BCUT2D eigenvalue weighted by molar-refractivity contribution is 7.12. The zero-order valence-electron chi connectivity index (χ0n) is 17.3. The molecule has 0 saturated carbocycles. The Morgan fingerprint density at radius 3 is 2.71 bits per heavy atom. The van der Waals surface area contributed by atoms with Crippen LogP contribution in [0, 0.1) is 0 Å². The van der Waals surface area contributed by atoms with E-state index in [1.54, 1.807) is 6.07 Å². The van der Waals surface area contributed by atoms with E-state index in [1.165, 1.54) is 11.3 Å². The molecule has 1 aromatic carbocycles. The minimum atomic E-state index is -0.206. The van der Waals surface area contributed by atoms with E-state index in [9.17, 15) is 14.4 Å². The predicted molar refractivity (Wildman–Crippen MR) is 117 cm³/mol. The quantitative estimate of drug-likeness (QED) is 0.634. The van der Waals surface area contributed by atoms with Crippen molar-refractivity contribution in [2.45, 2.75) is 38.1 Å². The molecule has 3 heterocycles. The Labute approximate surface area is 185 Å². The van der Waals surface area contributed by atoms with Gasteiger partial charge in [0.05, 0.1) is 10.9 Å². The number of fused-ring (bicyclic) bond motifs is 1. The summed E-state index contributed by atoms with van der Waals surface area (Å²) in [5.41, 5.74) is 1.05. The molecule has 1 N–H and O–H groups in total. The minimum absolute atomic E-state index is 0.0162. The molecule has 7 nitrogen and oxygen atoms in total. The van der Waals surface area contributed by atoms with E-state index in [2.05, 4.69) is 5.32 Å². The molecule has 2 aromatic rings. The van der Waals surface area contributed by atoms with Crippen molar-refractivity contribution in [1.82, 2.24) is 10.2 Å². The third-order valence-electron chi connectivity index (χ3n) is 5.56. The van der Waals surface area contributed by atoms with Crippen molar-refractivity contribution in [3.63, 3.8) is 0 Å². The number of hydrogen-bond donors (Lipinski definition) is 1. The van der Waals surface area contributed by atoms with Gasteiger partial charge in [-0.05, 0) is 42.0 Å². The molecule has 1 atom stereocenters. The molecule has 1 fully saturated rings. The van der Waals surface area contributed by atoms with E-state index >= 15 is 0 Å². The molecule has 2 aliphatic rings. The highest BCUT2D eigenvalue weighted by atomic mass is 32.1. The summed E-state index contributed by atoms with van der Waals surface area (Å²) in [5.74, 6) is 1.26. The summed E-state index contributed by atoms with van der Waals surface area (Å²) in [6.07, 6.45) is 2.41. The number of ketones is 1. The number of nitrogens with one attached hydrogen (secondary N) is 1. The second kappa shape index (κ2) is 9.96. The van der Waals surface area contributed by atoms with Crippen LogP contribution < -0.4 is 14.8 Å². The fourth-order valence-corrected chi connectivity index (χ4v) is 4.70. The van der Waals surface area contributed by atoms with Gasteiger partial charge < -0.3 is 19.7 Å². The molecule has 0 radical (unpaired) electrons. The number of amides is 2. The Morgan fingerprint density at radius 1 is 1.06 bits per heavy atom. The molecule has 0 spiro atoms. The Balaban J connectivity index is 1.24. The van der Waals surface area contributed by atoms with Gasteiger partial charge in [0, 0.05) is 32.4 Å². The highest BCUT2D eigenvalue weighted by Crippen LogP contribution is 2.38. The topological polar surface area (TPSA) is 84.9 Å². The van der Waals surface area contributed by atoms with Crippen LogP contribution in [0.5, 0.6) is 11.5 Å². The zero-order valence-corrected chi connectivity index (χ0v) is 18.1. The van der Waals surface area contributed by atoms with Gasteiger partial charge >= 0.3 is 0 Å². The third-order valence-corrected chi connectivity index (χ3v) is 6.47. The number of thiophene rings is 1. The van der Waals surface area contributed by atoms with Gasteiger partial charge in [0.2, 0.25) is 11.8 Å². The summed E-state index contributed by atoms with van der Waals surface area (Å²) in [7, 11) is 0. The van der Waals surface area contributed by atoms with Crippen molar-refractivity contribution in [3.05, 3.63) is 46.2 Å². The van der Waals surface area contributed by atoms with Crippen molar-refractivity contribution < 1.29 is 23.9 Å². The van der Waals surface area contributed by atoms with Gasteiger partial charge in [0.25, 0.3) is 0 Å². The van der Waals surface area contributed by atoms with Crippen molar-refractivity contribution >= 4 is 28.9 Å². The molecule has 8 heteroatoms. The number of ether oxygens (including phenoxy) is 2. The first kappa shape index (κ1) is 21.4. The van der Waals surface area contributed by atoms with Crippen LogP contribution in [0.15, 0.2) is 35.7 Å². The van der Waals surface area contributed by atoms with Crippen LogP contribution in [0.2, 0.25) is 0 Å². The number of Topliss-reactive ketones (excluding diaryl/α,β-unsaturated/α-hetero) is 1. The van der Waals surface area contributed by atoms with Gasteiger partial charge in [-0.25, -0.2) is 0 Å². The summed E-state index contributed by atoms with van der Waals surface area (Å²) in [5, 5.41) is 4.60. The van der Waals surface area contributed by atoms with Gasteiger partial charge in [0.15, 0.2) is 17.3 Å². The molecule has 0 aliphatic carbocycles. The maximum atomic E-state index is 12.8. The Morgan fingerprint density at radius 2 is 1.90 bits per heavy atom. The largest absolute Gasteiger partial charge is 0.486 e. The standard InChI is InChI=1S/C23H26N2O5S/c26-18(21-4-2-14-31-21)6-8-22(27)24-10-9-23(28)25-11-1-3-17(25)16-5-7-19-20(15-16)30-13-12-29-19/h2,4-5,7,14-15,17H,1,3,6,8-13H2,(H,24,27). The highest BCUT2D eigenvalue weighted by Gasteiger charge is 2.30. The van der Waals surface area contributed by atoms with Gasteiger partial charge in [0.1, 0.15) is 13.2 Å².